The van der Waals surface area contributed by atoms with Crippen molar-refractivity contribution in [2.24, 2.45) is 0 Å². The van der Waals surface area contributed by atoms with Gasteiger partial charge in [0.05, 0.1) is 12.2 Å². The molecule has 2 aromatic rings. The Kier molecular flexibility index (Phi) is 4.13. The highest BCUT2D eigenvalue weighted by molar-refractivity contribution is 6.09. The summed E-state index contributed by atoms with van der Waals surface area (Å²) in [5.41, 5.74) is -0.103. The average molecular weight is 276 g/mol. The van der Waals surface area contributed by atoms with Crippen LogP contribution < -0.4 is 4.74 Å². The van der Waals surface area contributed by atoms with Crippen LogP contribution in [0, 0.1) is 18.6 Å². The minimum Gasteiger partial charge on any atom is -0.494 e. The van der Waals surface area contributed by atoms with E-state index in [0.717, 1.165) is 6.07 Å². The Balaban J connectivity index is 2.46. The molecular formula is C16H14F2O2. The summed E-state index contributed by atoms with van der Waals surface area (Å²) in [6, 6.07) is 8.68. The second kappa shape index (κ2) is 5.82. The van der Waals surface area contributed by atoms with Crippen molar-refractivity contribution in [3.05, 3.63) is 64.7 Å². The highest BCUT2D eigenvalue weighted by atomic mass is 19.1. The SMILES string of the molecule is CCOc1cccc(C(=O)c2c(F)ccc(C)c2F)c1. The molecule has 0 radical (unpaired) electrons. The molecule has 0 bridgehead atoms. The molecule has 0 spiro atoms. The molecule has 0 N–H and O–H groups in total. The van der Waals surface area contributed by atoms with Crippen LogP contribution in [-0.2, 0) is 0 Å². The van der Waals surface area contributed by atoms with E-state index in [1.165, 1.54) is 25.1 Å². The average Bonchev–Trinajstić information content (AvgIpc) is 2.44. The van der Waals surface area contributed by atoms with E-state index < -0.39 is 23.0 Å². The molecule has 20 heavy (non-hydrogen) atoms. The first kappa shape index (κ1) is 14.2. The van der Waals surface area contributed by atoms with Crippen molar-refractivity contribution in [2.45, 2.75) is 13.8 Å². The molecule has 0 atom stereocenters. The van der Waals surface area contributed by atoms with Crippen molar-refractivity contribution in [3.63, 3.8) is 0 Å². The van der Waals surface area contributed by atoms with E-state index in [1.54, 1.807) is 12.1 Å². The Morgan fingerprint density at radius 1 is 1.20 bits per heavy atom. The van der Waals surface area contributed by atoms with Crippen LogP contribution in [0.2, 0.25) is 0 Å². The second-order valence-electron chi connectivity index (χ2n) is 4.34. The molecule has 4 heteroatoms. The van der Waals surface area contributed by atoms with Crippen LogP contribution in [-0.4, -0.2) is 12.4 Å². The largest absolute Gasteiger partial charge is 0.494 e. The Labute approximate surface area is 116 Å². The van der Waals surface area contributed by atoms with Gasteiger partial charge in [-0.2, -0.15) is 0 Å². The van der Waals surface area contributed by atoms with Crippen molar-refractivity contribution in [2.75, 3.05) is 6.61 Å². The molecule has 0 fully saturated rings. The summed E-state index contributed by atoms with van der Waals surface area (Å²) >= 11 is 0. The van der Waals surface area contributed by atoms with Crippen LogP contribution in [0.3, 0.4) is 0 Å². The van der Waals surface area contributed by atoms with Gasteiger partial charge in [0, 0.05) is 5.56 Å². The van der Waals surface area contributed by atoms with Crippen LogP contribution in [0.4, 0.5) is 8.78 Å². The van der Waals surface area contributed by atoms with Gasteiger partial charge >= 0.3 is 0 Å². The molecule has 0 aliphatic carbocycles. The fourth-order valence-corrected chi connectivity index (χ4v) is 1.90. The predicted molar refractivity (Wildman–Crippen MR) is 72.1 cm³/mol. The number of ether oxygens (including phenoxy) is 1. The summed E-state index contributed by atoms with van der Waals surface area (Å²) in [6.45, 7) is 3.75. The van der Waals surface area contributed by atoms with Gasteiger partial charge in [0.25, 0.3) is 0 Å². The van der Waals surface area contributed by atoms with Crippen LogP contribution in [0.1, 0.15) is 28.4 Å². The fraction of sp³-hybridized carbons (Fsp3) is 0.188. The molecule has 0 saturated heterocycles. The standard InChI is InChI=1S/C16H14F2O2/c1-3-20-12-6-4-5-11(9-12)16(19)14-13(17)8-7-10(2)15(14)18/h4-9H,3H2,1-2H3. The Bertz CT molecular complexity index is 651. The first-order valence-corrected chi connectivity index (χ1v) is 6.26. The number of halogens is 2. The molecular weight excluding hydrogens is 262 g/mol. The zero-order valence-electron chi connectivity index (χ0n) is 11.2. The van der Waals surface area contributed by atoms with Gasteiger partial charge in [0.2, 0.25) is 0 Å². The number of ketones is 1. The van der Waals surface area contributed by atoms with Crippen molar-refractivity contribution in [1.29, 1.82) is 0 Å². The third-order valence-corrected chi connectivity index (χ3v) is 2.92. The second-order valence-corrected chi connectivity index (χ2v) is 4.34. The number of carbonyl (C=O) groups is 1. The minimum atomic E-state index is -0.861. The van der Waals surface area contributed by atoms with Crippen LogP contribution in [0.15, 0.2) is 36.4 Å². The lowest BCUT2D eigenvalue weighted by atomic mass is 10.00. The van der Waals surface area contributed by atoms with Crippen LogP contribution in [0.5, 0.6) is 5.75 Å². The van der Waals surface area contributed by atoms with E-state index in [0.29, 0.717) is 12.4 Å². The van der Waals surface area contributed by atoms with Crippen molar-refractivity contribution in [3.8, 4) is 5.75 Å². The van der Waals surface area contributed by atoms with Gasteiger partial charge in [-0.05, 0) is 37.6 Å². The molecule has 0 saturated carbocycles. The third kappa shape index (κ3) is 2.69. The van der Waals surface area contributed by atoms with Crippen molar-refractivity contribution < 1.29 is 18.3 Å². The maximum absolute atomic E-state index is 14.0. The molecule has 0 heterocycles. The van der Waals surface area contributed by atoms with Crippen LogP contribution >= 0.6 is 0 Å². The minimum absolute atomic E-state index is 0.194. The smallest absolute Gasteiger partial charge is 0.199 e. The Morgan fingerprint density at radius 2 is 1.95 bits per heavy atom. The molecule has 2 nitrogen and oxygen atoms in total. The number of hydrogen-bond acceptors (Lipinski definition) is 2. The van der Waals surface area contributed by atoms with Gasteiger partial charge in [-0.3, -0.25) is 4.79 Å². The van der Waals surface area contributed by atoms with Gasteiger partial charge in [-0.25, -0.2) is 8.78 Å². The molecule has 2 aromatic carbocycles. The molecule has 0 unspecified atom stereocenters. The summed E-state index contributed by atoms with van der Waals surface area (Å²) in [5, 5.41) is 0. The maximum Gasteiger partial charge on any atom is 0.199 e. The summed E-state index contributed by atoms with van der Waals surface area (Å²) < 4.78 is 33.0. The maximum atomic E-state index is 14.0. The van der Waals surface area contributed by atoms with E-state index in [-0.39, 0.29) is 11.1 Å². The van der Waals surface area contributed by atoms with E-state index in [4.69, 9.17) is 4.74 Å². The topological polar surface area (TPSA) is 26.3 Å². The molecule has 0 aliphatic rings. The fourth-order valence-electron chi connectivity index (χ4n) is 1.90. The van der Waals surface area contributed by atoms with E-state index in [9.17, 15) is 13.6 Å². The zero-order valence-corrected chi connectivity index (χ0v) is 11.2. The summed E-state index contributed by atoms with van der Waals surface area (Å²) in [6.07, 6.45) is 0. The first-order chi connectivity index (χ1) is 9.54. The lowest BCUT2D eigenvalue weighted by molar-refractivity contribution is 0.103. The van der Waals surface area contributed by atoms with E-state index in [2.05, 4.69) is 0 Å². The van der Waals surface area contributed by atoms with Gasteiger partial charge < -0.3 is 4.74 Å². The monoisotopic (exact) mass is 276 g/mol. The summed E-state index contributed by atoms with van der Waals surface area (Å²) in [5.74, 6) is -1.88. The lowest BCUT2D eigenvalue weighted by Crippen LogP contribution is -2.09. The Hall–Kier alpha value is -2.23. The summed E-state index contributed by atoms with van der Waals surface area (Å²) in [4.78, 5) is 12.3. The van der Waals surface area contributed by atoms with Gasteiger partial charge in [0.15, 0.2) is 5.78 Å². The molecule has 0 aromatic heterocycles. The highest BCUT2D eigenvalue weighted by Crippen LogP contribution is 2.22. The Morgan fingerprint density at radius 3 is 2.65 bits per heavy atom. The van der Waals surface area contributed by atoms with E-state index >= 15 is 0 Å². The quantitative estimate of drug-likeness (QED) is 0.792. The third-order valence-electron chi connectivity index (χ3n) is 2.92. The van der Waals surface area contributed by atoms with Crippen LogP contribution in [0.25, 0.3) is 0 Å². The predicted octanol–water partition coefficient (Wildman–Crippen LogP) is 3.90. The number of hydrogen-bond donors (Lipinski definition) is 0. The van der Waals surface area contributed by atoms with Crippen molar-refractivity contribution >= 4 is 5.78 Å². The summed E-state index contributed by atoms with van der Waals surface area (Å²) in [7, 11) is 0. The number of carbonyl (C=O) groups excluding carboxylic acids is 1. The molecule has 2 rings (SSSR count). The normalized spacial score (nSPS) is 10.4. The lowest BCUT2D eigenvalue weighted by Gasteiger charge is -2.08. The number of aryl methyl sites for hydroxylation is 1. The van der Waals surface area contributed by atoms with Crippen molar-refractivity contribution in [1.82, 2.24) is 0 Å². The zero-order chi connectivity index (χ0) is 14.7. The van der Waals surface area contributed by atoms with Gasteiger partial charge in [0.1, 0.15) is 17.4 Å². The highest BCUT2D eigenvalue weighted by Gasteiger charge is 2.20. The number of rotatable bonds is 4. The molecule has 0 amide bonds. The molecule has 104 valence electrons. The number of benzene rings is 2. The van der Waals surface area contributed by atoms with Gasteiger partial charge in [-0.1, -0.05) is 18.2 Å². The van der Waals surface area contributed by atoms with E-state index in [1.807, 2.05) is 6.92 Å². The first-order valence-electron chi connectivity index (χ1n) is 6.26. The van der Waals surface area contributed by atoms with Gasteiger partial charge in [-0.15, -0.1) is 0 Å². The molecule has 0 aliphatic heterocycles.